The normalized spacial score (nSPS) is 15.8. The van der Waals surface area contributed by atoms with Gasteiger partial charge in [-0.25, -0.2) is 0 Å². The van der Waals surface area contributed by atoms with Crippen molar-refractivity contribution in [2.75, 3.05) is 13.1 Å². The summed E-state index contributed by atoms with van der Waals surface area (Å²) in [5.74, 6) is 0.723. The number of benzene rings is 1. The molecular formula is C33H36N4S. The van der Waals surface area contributed by atoms with Crippen molar-refractivity contribution in [2.45, 2.75) is 33.1 Å². The van der Waals surface area contributed by atoms with Crippen LogP contribution < -0.4 is 5.32 Å². The second-order valence-corrected chi connectivity index (χ2v) is 10.9. The van der Waals surface area contributed by atoms with E-state index < -0.39 is 0 Å². The maximum absolute atomic E-state index is 4.72. The van der Waals surface area contributed by atoms with Crippen LogP contribution in [0.15, 0.2) is 90.9 Å². The number of piperidine rings is 1. The molecule has 0 unspecified atom stereocenters. The van der Waals surface area contributed by atoms with Crippen molar-refractivity contribution in [2.24, 2.45) is 5.92 Å². The molecule has 1 saturated heterocycles. The van der Waals surface area contributed by atoms with E-state index in [4.69, 9.17) is 5.10 Å². The van der Waals surface area contributed by atoms with Crippen LogP contribution in [0.2, 0.25) is 0 Å². The molecule has 1 aliphatic rings. The minimum absolute atomic E-state index is 0.723. The van der Waals surface area contributed by atoms with E-state index in [0.29, 0.717) is 0 Å². The number of nitrogens with one attached hydrogen (secondary N) is 3. The van der Waals surface area contributed by atoms with Gasteiger partial charge in [0.2, 0.25) is 0 Å². The van der Waals surface area contributed by atoms with Gasteiger partial charge in [-0.3, -0.25) is 5.10 Å². The predicted octanol–water partition coefficient (Wildman–Crippen LogP) is 8.45. The van der Waals surface area contributed by atoms with Crippen LogP contribution in [0.5, 0.6) is 0 Å². The molecule has 1 aromatic carbocycles. The average Bonchev–Trinajstić information content (AvgIpc) is 3.70. The highest BCUT2D eigenvalue weighted by molar-refractivity contribution is 7.11. The highest BCUT2D eigenvalue weighted by Crippen LogP contribution is 2.35. The predicted molar refractivity (Wildman–Crippen MR) is 164 cm³/mol. The van der Waals surface area contributed by atoms with E-state index >= 15 is 0 Å². The summed E-state index contributed by atoms with van der Waals surface area (Å²) in [5.41, 5.74) is 10.1. The van der Waals surface area contributed by atoms with Gasteiger partial charge in [-0.2, -0.15) is 5.10 Å². The molecule has 0 aliphatic carbocycles. The molecule has 4 heterocycles. The monoisotopic (exact) mass is 520 g/mol. The molecule has 1 aliphatic heterocycles. The van der Waals surface area contributed by atoms with Crippen LogP contribution in [0.25, 0.3) is 33.4 Å². The molecule has 4 aromatic rings. The Bertz CT molecular complexity index is 1520. The van der Waals surface area contributed by atoms with Gasteiger partial charge in [-0.1, -0.05) is 55.7 Å². The van der Waals surface area contributed by atoms with Gasteiger partial charge >= 0.3 is 0 Å². The quantitative estimate of drug-likeness (QED) is 0.194. The highest BCUT2D eigenvalue weighted by atomic mass is 32.1. The summed E-state index contributed by atoms with van der Waals surface area (Å²) in [7, 11) is 0. The summed E-state index contributed by atoms with van der Waals surface area (Å²) in [6.45, 7) is 14.5. The lowest BCUT2D eigenvalue weighted by molar-refractivity contribution is 0.374. The van der Waals surface area contributed by atoms with Crippen molar-refractivity contribution in [1.82, 2.24) is 20.5 Å². The molecule has 5 heteroatoms. The molecule has 194 valence electrons. The third-order valence-corrected chi connectivity index (χ3v) is 8.33. The van der Waals surface area contributed by atoms with Crippen molar-refractivity contribution in [3.8, 4) is 11.4 Å². The smallest absolute Gasteiger partial charge is 0.116 e. The van der Waals surface area contributed by atoms with Gasteiger partial charge in [-0.15, -0.1) is 11.3 Å². The molecule has 4 nitrogen and oxygen atoms in total. The molecule has 0 saturated carbocycles. The Morgan fingerprint density at radius 1 is 1.16 bits per heavy atom. The Labute approximate surface area is 229 Å². The largest absolute Gasteiger partial charge is 0.357 e. The maximum Gasteiger partial charge on any atom is 0.116 e. The van der Waals surface area contributed by atoms with E-state index in [9.17, 15) is 0 Å². The first kappa shape index (κ1) is 26.0. The number of thiophene rings is 1. The van der Waals surface area contributed by atoms with E-state index in [1.165, 1.54) is 45.6 Å². The number of aryl methyl sites for hydroxylation is 1. The SMILES string of the molecule is C=C/C=C(/c1cccs1)c1cc(-c2n[nH]c3ccc(C(/C=C(\C=C)CC4CCNCC4)=C/C)cc23)[nH]c1C. The van der Waals surface area contributed by atoms with Crippen LogP contribution in [-0.2, 0) is 0 Å². The number of nitrogens with zero attached hydrogens (tertiary/aromatic N) is 1. The zero-order chi connectivity index (χ0) is 26.5. The first-order valence-corrected chi connectivity index (χ1v) is 14.2. The van der Waals surface area contributed by atoms with Crippen LogP contribution >= 0.6 is 11.3 Å². The average molecular weight is 521 g/mol. The lowest BCUT2D eigenvalue weighted by atomic mass is 9.89. The zero-order valence-electron chi connectivity index (χ0n) is 22.3. The summed E-state index contributed by atoms with van der Waals surface area (Å²) in [5, 5.41) is 14.6. The lowest BCUT2D eigenvalue weighted by Gasteiger charge is -2.23. The Balaban J connectivity index is 1.49. The number of aromatic amines is 2. The molecule has 1 fully saturated rings. The number of hydrogen-bond acceptors (Lipinski definition) is 3. The fourth-order valence-corrected chi connectivity index (χ4v) is 6.14. The number of rotatable bonds is 9. The molecule has 0 radical (unpaired) electrons. The van der Waals surface area contributed by atoms with Gasteiger partial charge in [0.05, 0.1) is 11.2 Å². The van der Waals surface area contributed by atoms with E-state index in [1.54, 1.807) is 11.3 Å². The number of fused-ring (bicyclic) bond motifs is 1. The molecule has 38 heavy (non-hydrogen) atoms. The summed E-state index contributed by atoms with van der Waals surface area (Å²) < 4.78 is 0. The van der Waals surface area contributed by atoms with E-state index in [-0.39, 0.29) is 0 Å². The van der Waals surface area contributed by atoms with E-state index in [0.717, 1.165) is 53.4 Å². The van der Waals surface area contributed by atoms with Crippen LogP contribution in [-0.4, -0.2) is 28.3 Å². The topological polar surface area (TPSA) is 56.5 Å². The summed E-state index contributed by atoms with van der Waals surface area (Å²) in [6.07, 6.45) is 14.0. The van der Waals surface area contributed by atoms with Crippen LogP contribution in [0, 0.1) is 12.8 Å². The molecule has 0 amide bonds. The number of allylic oxidation sites excluding steroid dienone is 7. The zero-order valence-corrected chi connectivity index (χ0v) is 23.1. The maximum atomic E-state index is 4.72. The molecule has 0 bridgehead atoms. The standard InChI is InChI=1S/C33H36N4S/c1-5-9-27(32-10-8-17-38-32)28-21-31(35-22(28)4)33-29-20-26(11-12-30(29)36-37-33)25(7-3)19-23(6-2)18-24-13-15-34-16-14-24/h5-12,17,19-21,24,34-35H,1-2,13-16,18H2,3-4H3,(H,36,37)/b23-19+,25-7+,27-9+. The van der Waals surface area contributed by atoms with Gasteiger partial charge in [-0.05, 0) is 98.5 Å². The summed E-state index contributed by atoms with van der Waals surface area (Å²) >= 11 is 1.74. The minimum Gasteiger partial charge on any atom is -0.357 e. The number of hydrogen-bond donors (Lipinski definition) is 3. The second kappa shape index (κ2) is 11.8. The third kappa shape index (κ3) is 5.45. The molecule has 5 rings (SSSR count). The van der Waals surface area contributed by atoms with Gasteiger partial charge in [0.15, 0.2) is 0 Å². The Morgan fingerprint density at radius 2 is 2.00 bits per heavy atom. The molecule has 3 aromatic heterocycles. The van der Waals surface area contributed by atoms with Crippen LogP contribution in [0.3, 0.4) is 0 Å². The van der Waals surface area contributed by atoms with Crippen molar-refractivity contribution in [3.05, 3.63) is 113 Å². The summed E-state index contributed by atoms with van der Waals surface area (Å²) in [4.78, 5) is 4.81. The fraction of sp³-hybridized carbons (Fsp3) is 0.242. The van der Waals surface area contributed by atoms with Crippen molar-refractivity contribution in [1.29, 1.82) is 0 Å². The molecule has 0 spiro atoms. The molecule has 0 atom stereocenters. The summed E-state index contributed by atoms with van der Waals surface area (Å²) in [6, 6.07) is 13.0. The highest BCUT2D eigenvalue weighted by Gasteiger charge is 2.17. The first-order chi connectivity index (χ1) is 18.6. The number of aromatic nitrogens is 3. The Morgan fingerprint density at radius 3 is 2.71 bits per heavy atom. The van der Waals surface area contributed by atoms with Gasteiger partial charge in [0, 0.05) is 27.1 Å². The van der Waals surface area contributed by atoms with Gasteiger partial charge < -0.3 is 10.3 Å². The third-order valence-electron chi connectivity index (χ3n) is 7.42. The molecule has 3 N–H and O–H groups in total. The van der Waals surface area contributed by atoms with Crippen molar-refractivity contribution >= 4 is 33.4 Å². The minimum atomic E-state index is 0.723. The van der Waals surface area contributed by atoms with Crippen molar-refractivity contribution in [3.63, 3.8) is 0 Å². The van der Waals surface area contributed by atoms with Gasteiger partial charge in [0.25, 0.3) is 0 Å². The van der Waals surface area contributed by atoms with Crippen LogP contribution in [0.1, 0.15) is 47.9 Å². The lowest BCUT2D eigenvalue weighted by Crippen LogP contribution is -2.27. The number of H-pyrrole nitrogens is 2. The fourth-order valence-electron chi connectivity index (χ4n) is 5.37. The van der Waals surface area contributed by atoms with Gasteiger partial charge in [0.1, 0.15) is 5.69 Å². The Hall–Kier alpha value is -3.67. The first-order valence-electron chi connectivity index (χ1n) is 13.4. The van der Waals surface area contributed by atoms with E-state index in [1.807, 2.05) is 12.2 Å². The van der Waals surface area contributed by atoms with Crippen molar-refractivity contribution < 1.29 is 0 Å². The van der Waals surface area contributed by atoms with E-state index in [2.05, 4.69) is 102 Å². The Kier molecular flexibility index (Phi) is 8.06. The second-order valence-electron chi connectivity index (χ2n) is 9.91. The van der Waals surface area contributed by atoms with Crippen LogP contribution in [0.4, 0.5) is 0 Å². The molecular weight excluding hydrogens is 484 g/mol.